The van der Waals surface area contributed by atoms with Crippen molar-refractivity contribution in [2.75, 3.05) is 7.11 Å². The summed E-state index contributed by atoms with van der Waals surface area (Å²) < 4.78 is 6.23. The Hall–Kier alpha value is -1.12. The van der Waals surface area contributed by atoms with E-state index in [2.05, 4.69) is 20.9 Å². The minimum absolute atomic E-state index is 0.326. The predicted molar refractivity (Wildman–Crippen MR) is 62.0 cm³/mol. The molecule has 0 saturated carbocycles. The molecule has 15 heavy (non-hydrogen) atoms. The molecule has 0 unspecified atom stereocenters. The summed E-state index contributed by atoms with van der Waals surface area (Å²) in [6, 6.07) is 1.96. The molecule has 0 aromatic heterocycles. The lowest BCUT2D eigenvalue weighted by Crippen LogP contribution is -1.97. The number of aliphatic imine (C=N–C) groups is 1. The van der Waals surface area contributed by atoms with E-state index in [1.165, 1.54) is 6.08 Å². The van der Waals surface area contributed by atoms with Gasteiger partial charge in [-0.25, -0.2) is 9.79 Å². The molecule has 1 aromatic carbocycles. The van der Waals surface area contributed by atoms with Gasteiger partial charge in [0.2, 0.25) is 6.08 Å². The second kappa shape index (κ2) is 5.10. The van der Waals surface area contributed by atoms with Crippen LogP contribution in [-0.2, 0) is 11.3 Å². The van der Waals surface area contributed by atoms with Gasteiger partial charge in [0.1, 0.15) is 5.75 Å². The lowest BCUT2D eigenvalue weighted by molar-refractivity contribution is 0.407. The molecule has 0 amide bonds. The molecule has 0 aliphatic heterocycles. The summed E-state index contributed by atoms with van der Waals surface area (Å²) in [6.45, 7) is 4.25. The first-order valence-electron chi connectivity index (χ1n) is 4.48. The van der Waals surface area contributed by atoms with Crippen molar-refractivity contribution < 1.29 is 9.53 Å². The molecular formula is C11H12BrNO2. The second-order valence-corrected chi connectivity index (χ2v) is 4.07. The maximum atomic E-state index is 10.1. The van der Waals surface area contributed by atoms with Crippen molar-refractivity contribution in [3.05, 3.63) is 27.2 Å². The molecule has 0 aliphatic rings. The molecule has 1 rings (SSSR count). The van der Waals surface area contributed by atoms with Gasteiger partial charge in [-0.05, 0) is 36.6 Å². The monoisotopic (exact) mass is 269 g/mol. The van der Waals surface area contributed by atoms with Gasteiger partial charge in [-0.15, -0.1) is 0 Å². The first-order valence-corrected chi connectivity index (χ1v) is 5.27. The van der Waals surface area contributed by atoms with Gasteiger partial charge < -0.3 is 4.74 Å². The van der Waals surface area contributed by atoms with E-state index in [1.807, 2.05) is 19.9 Å². The third kappa shape index (κ3) is 2.46. The van der Waals surface area contributed by atoms with Crippen LogP contribution in [0.2, 0.25) is 0 Å². The quantitative estimate of drug-likeness (QED) is 0.625. The van der Waals surface area contributed by atoms with E-state index in [9.17, 15) is 4.79 Å². The highest BCUT2D eigenvalue weighted by molar-refractivity contribution is 9.10. The largest absolute Gasteiger partial charge is 0.496 e. The molecule has 0 spiro atoms. The summed E-state index contributed by atoms with van der Waals surface area (Å²) in [5.41, 5.74) is 3.02. The predicted octanol–water partition coefficient (Wildman–Crippen LogP) is 2.91. The van der Waals surface area contributed by atoms with Gasteiger partial charge in [-0.2, -0.15) is 0 Å². The normalized spacial score (nSPS) is 9.60. The maximum absolute atomic E-state index is 10.1. The first-order chi connectivity index (χ1) is 7.11. The minimum atomic E-state index is 0.326. The summed E-state index contributed by atoms with van der Waals surface area (Å²) in [6.07, 6.45) is 1.54. The number of hydrogen-bond acceptors (Lipinski definition) is 3. The fourth-order valence-corrected chi connectivity index (χ4v) is 2.34. The number of rotatable bonds is 3. The van der Waals surface area contributed by atoms with E-state index >= 15 is 0 Å². The highest BCUT2D eigenvalue weighted by atomic mass is 79.9. The molecule has 0 aliphatic carbocycles. The SMILES string of the molecule is COc1c(C)cc(Br)c(CN=C=O)c1C. The number of methoxy groups -OCH3 is 1. The maximum Gasteiger partial charge on any atom is 0.235 e. The Labute approximate surface area is 97.3 Å². The van der Waals surface area contributed by atoms with Crippen LogP contribution in [0.3, 0.4) is 0 Å². The lowest BCUT2D eigenvalue weighted by atomic mass is 10.0. The standard InChI is InChI=1S/C11H12BrNO2/c1-7-4-10(12)9(5-13-6-14)8(2)11(7)15-3/h4H,5H2,1-3H3. The summed E-state index contributed by atoms with van der Waals surface area (Å²) in [7, 11) is 1.63. The van der Waals surface area contributed by atoms with Crippen LogP contribution >= 0.6 is 15.9 Å². The van der Waals surface area contributed by atoms with E-state index < -0.39 is 0 Å². The van der Waals surface area contributed by atoms with Crippen molar-refractivity contribution in [3.63, 3.8) is 0 Å². The zero-order valence-corrected chi connectivity index (χ0v) is 10.5. The molecule has 80 valence electrons. The van der Waals surface area contributed by atoms with E-state index in [0.29, 0.717) is 6.54 Å². The van der Waals surface area contributed by atoms with Gasteiger partial charge >= 0.3 is 0 Å². The van der Waals surface area contributed by atoms with Gasteiger partial charge in [-0.1, -0.05) is 15.9 Å². The number of halogens is 1. The number of aryl methyl sites for hydroxylation is 1. The molecule has 0 heterocycles. The third-order valence-electron chi connectivity index (χ3n) is 2.29. The fraction of sp³-hybridized carbons (Fsp3) is 0.364. The highest BCUT2D eigenvalue weighted by Crippen LogP contribution is 2.32. The molecular weight excluding hydrogens is 258 g/mol. The zero-order chi connectivity index (χ0) is 11.4. The van der Waals surface area contributed by atoms with Crippen molar-refractivity contribution in [3.8, 4) is 5.75 Å². The number of nitrogens with zero attached hydrogens (tertiary/aromatic N) is 1. The van der Waals surface area contributed by atoms with Gasteiger partial charge in [0.25, 0.3) is 0 Å². The van der Waals surface area contributed by atoms with Crippen LogP contribution in [-0.4, -0.2) is 13.2 Å². The van der Waals surface area contributed by atoms with E-state index in [0.717, 1.165) is 26.9 Å². The van der Waals surface area contributed by atoms with Crippen molar-refractivity contribution in [1.82, 2.24) is 0 Å². The van der Waals surface area contributed by atoms with Crippen LogP contribution in [0.4, 0.5) is 0 Å². The molecule has 1 aromatic rings. The third-order valence-corrected chi connectivity index (χ3v) is 3.00. The summed E-state index contributed by atoms with van der Waals surface area (Å²) >= 11 is 3.45. The minimum Gasteiger partial charge on any atom is -0.496 e. The average Bonchev–Trinajstić information content (AvgIpc) is 2.17. The molecule has 0 radical (unpaired) electrons. The first kappa shape index (κ1) is 12.0. The Morgan fingerprint density at radius 1 is 1.53 bits per heavy atom. The Bertz CT molecular complexity index is 423. The van der Waals surface area contributed by atoms with Crippen LogP contribution in [0.25, 0.3) is 0 Å². The molecule has 0 N–H and O–H groups in total. The van der Waals surface area contributed by atoms with E-state index in [1.54, 1.807) is 7.11 Å². The van der Waals surface area contributed by atoms with Crippen molar-refractivity contribution in [1.29, 1.82) is 0 Å². The molecule has 0 bridgehead atoms. The molecule has 0 fully saturated rings. The molecule has 3 nitrogen and oxygen atoms in total. The Morgan fingerprint density at radius 2 is 2.20 bits per heavy atom. The summed E-state index contributed by atoms with van der Waals surface area (Å²) in [5.74, 6) is 0.842. The Balaban J connectivity index is 3.31. The van der Waals surface area contributed by atoms with Crippen LogP contribution in [0.1, 0.15) is 16.7 Å². The summed E-state index contributed by atoms with van der Waals surface area (Å²) in [5, 5.41) is 0. The van der Waals surface area contributed by atoms with Crippen molar-refractivity contribution >= 4 is 22.0 Å². The fourth-order valence-electron chi connectivity index (χ4n) is 1.57. The van der Waals surface area contributed by atoms with Gasteiger partial charge in [-0.3, -0.25) is 0 Å². The highest BCUT2D eigenvalue weighted by Gasteiger charge is 2.11. The lowest BCUT2D eigenvalue weighted by Gasteiger charge is -2.13. The molecule has 0 atom stereocenters. The van der Waals surface area contributed by atoms with E-state index in [-0.39, 0.29) is 0 Å². The topological polar surface area (TPSA) is 38.7 Å². The number of isocyanates is 1. The number of carbonyl (C=O) groups excluding carboxylic acids is 1. The van der Waals surface area contributed by atoms with E-state index in [4.69, 9.17) is 4.74 Å². The van der Waals surface area contributed by atoms with Crippen LogP contribution in [0.5, 0.6) is 5.75 Å². The Morgan fingerprint density at radius 3 is 2.73 bits per heavy atom. The average molecular weight is 270 g/mol. The molecule has 4 heteroatoms. The zero-order valence-electron chi connectivity index (χ0n) is 8.93. The Kier molecular flexibility index (Phi) is 4.06. The van der Waals surface area contributed by atoms with Gasteiger partial charge in [0, 0.05) is 4.47 Å². The number of benzene rings is 1. The van der Waals surface area contributed by atoms with Crippen LogP contribution in [0, 0.1) is 13.8 Å². The van der Waals surface area contributed by atoms with Gasteiger partial charge in [0.15, 0.2) is 0 Å². The second-order valence-electron chi connectivity index (χ2n) is 3.22. The van der Waals surface area contributed by atoms with Crippen molar-refractivity contribution in [2.45, 2.75) is 20.4 Å². The van der Waals surface area contributed by atoms with Crippen molar-refractivity contribution in [2.24, 2.45) is 4.99 Å². The smallest absolute Gasteiger partial charge is 0.235 e. The van der Waals surface area contributed by atoms with Crippen LogP contribution < -0.4 is 4.74 Å². The summed E-state index contributed by atoms with van der Waals surface area (Å²) in [4.78, 5) is 13.7. The van der Waals surface area contributed by atoms with Gasteiger partial charge in [0.05, 0.1) is 13.7 Å². The number of hydrogen-bond donors (Lipinski definition) is 0. The molecule has 0 saturated heterocycles. The number of ether oxygens (including phenoxy) is 1. The van der Waals surface area contributed by atoms with Crippen LogP contribution in [0.15, 0.2) is 15.5 Å².